The number of aliphatic hydroxyl groups excluding tert-OH is 1. The van der Waals surface area contributed by atoms with E-state index in [1.165, 1.54) is 36.1 Å². The highest BCUT2D eigenvalue weighted by molar-refractivity contribution is 7.80. The van der Waals surface area contributed by atoms with E-state index in [2.05, 4.69) is 89.1 Å². The van der Waals surface area contributed by atoms with Gasteiger partial charge in [0.1, 0.15) is 84.3 Å². The molecule has 36 nitrogen and oxygen atoms in total. The Bertz CT molecular complexity index is 3570. The summed E-state index contributed by atoms with van der Waals surface area (Å²) in [5.41, 5.74) is 29.7. The summed E-state index contributed by atoms with van der Waals surface area (Å²) in [6.07, 6.45) is 0.0739. The SMILES string of the molecule is CC(C)C[C@H](NC(=O)[C@H](CCCCN)NC(=O)[C@H](CS)NC(=O)[C@H](CCC(N)=O)NC(=O)[C@H](CCCCN)NC(=O)[C@H](CC(C)C)NC(=O)[C@@H](NC(=O)[C@@H]1CCCN1C(=O)[C@H](CC(C)C)NC(=O)[C@H](Cc1ccccc1)NC(=O)[C@H](Cc1ccc(O)cc1)NC(=O)[C@H](CCCCN)NC(=O)[C@@H](NC(=O)[C@@H](N)CS)[C@@H](C)O)C(C)C)C(=O)O. The number of aromatic hydroxyl groups is 1. The molecule has 38 heteroatoms. The number of phenolic OH excluding ortho intramolecular Hbond substituents is 1. The normalized spacial score (nSPS) is 16.3. The first-order valence-corrected chi connectivity index (χ1v) is 41.6. The van der Waals surface area contributed by atoms with Crippen LogP contribution in [-0.4, -0.2) is 237 Å². The van der Waals surface area contributed by atoms with Gasteiger partial charge in [-0.2, -0.15) is 25.3 Å². The number of carbonyl (C=O) groups excluding carboxylic acids is 14. The van der Waals surface area contributed by atoms with E-state index in [0.29, 0.717) is 49.7 Å². The van der Waals surface area contributed by atoms with Crippen molar-refractivity contribution in [3.8, 4) is 5.75 Å². The summed E-state index contributed by atoms with van der Waals surface area (Å²) in [4.78, 5) is 212. The van der Waals surface area contributed by atoms with E-state index in [9.17, 15) is 77.6 Å². The van der Waals surface area contributed by atoms with Crippen LogP contribution in [0.4, 0.5) is 0 Å². The molecule has 15 atom stereocenters. The highest BCUT2D eigenvalue weighted by atomic mass is 32.1. The molecule has 0 radical (unpaired) electrons. The number of aliphatic hydroxyl groups is 1. The Labute approximate surface area is 696 Å². The van der Waals surface area contributed by atoms with Crippen molar-refractivity contribution < 1.29 is 87.2 Å². The van der Waals surface area contributed by atoms with E-state index in [0.717, 1.165) is 0 Å². The number of carboxylic acids is 1. The number of primary amides is 1. The number of thiol groups is 2. The lowest BCUT2D eigenvalue weighted by molar-refractivity contribution is -0.143. The van der Waals surface area contributed by atoms with Crippen LogP contribution in [0.25, 0.3) is 0 Å². The minimum Gasteiger partial charge on any atom is -0.508 e. The Balaban J connectivity index is 1.96. The molecule has 3 rings (SSSR count). The van der Waals surface area contributed by atoms with Crippen molar-refractivity contribution in [2.75, 3.05) is 37.7 Å². The number of phenols is 1. The predicted molar refractivity (Wildman–Crippen MR) is 445 cm³/mol. The summed E-state index contributed by atoms with van der Waals surface area (Å²) in [5.74, 6) is -14.9. The van der Waals surface area contributed by atoms with Crippen LogP contribution >= 0.6 is 25.3 Å². The zero-order valence-electron chi connectivity index (χ0n) is 68.8. The molecular weight excluding hydrogens is 1550 g/mol. The van der Waals surface area contributed by atoms with Crippen molar-refractivity contribution in [1.82, 2.24) is 68.7 Å². The van der Waals surface area contributed by atoms with Crippen LogP contribution in [0.2, 0.25) is 0 Å². The molecule has 0 aromatic heterocycles. The van der Waals surface area contributed by atoms with Crippen molar-refractivity contribution in [1.29, 1.82) is 0 Å². The minimum absolute atomic E-state index is 0.000793. The van der Waals surface area contributed by atoms with Gasteiger partial charge in [-0.25, -0.2) is 4.79 Å². The molecule has 0 spiro atoms. The van der Waals surface area contributed by atoms with Crippen molar-refractivity contribution in [2.24, 2.45) is 52.3 Å². The van der Waals surface area contributed by atoms with Gasteiger partial charge in [0.25, 0.3) is 0 Å². The topological polar surface area (TPSA) is 594 Å². The number of hydrogen-bond donors (Lipinski definition) is 22. The summed E-state index contributed by atoms with van der Waals surface area (Å²) in [7, 11) is 0. The molecule has 1 saturated heterocycles. The average molecular weight is 1680 g/mol. The molecule has 0 saturated carbocycles. The van der Waals surface area contributed by atoms with Gasteiger partial charge in [0.2, 0.25) is 82.7 Å². The number of nitrogens with one attached hydrogen (secondary N) is 12. The lowest BCUT2D eigenvalue weighted by Crippen LogP contribution is -2.62. The van der Waals surface area contributed by atoms with Crippen LogP contribution in [0, 0.1) is 23.7 Å². The number of amides is 14. The molecular formula is C79H130N18O18S2. The summed E-state index contributed by atoms with van der Waals surface area (Å²) >= 11 is 8.32. The Morgan fingerprint density at radius 1 is 0.436 bits per heavy atom. The number of carbonyl (C=O) groups is 15. The predicted octanol–water partition coefficient (Wildman–Crippen LogP) is -1.91. The first-order chi connectivity index (χ1) is 55.3. The highest BCUT2D eigenvalue weighted by Crippen LogP contribution is 2.23. The number of hydrogen-bond acceptors (Lipinski definition) is 23. The summed E-state index contributed by atoms with van der Waals surface area (Å²) in [6.45, 7) is 16.0. The summed E-state index contributed by atoms with van der Waals surface area (Å²) in [6, 6.07) is -4.86. The monoisotopic (exact) mass is 1680 g/mol. The maximum atomic E-state index is 15.1. The molecule has 14 amide bonds. The van der Waals surface area contributed by atoms with E-state index in [-0.39, 0.29) is 125 Å². The molecule has 25 N–H and O–H groups in total. The fourth-order valence-electron chi connectivity index (χ4n) is 13.0. The van der Waals surface area contributed by atoms with Crippen molar-refractivity contribution in [3.05, 3.63) is 65.7 Å². The molecule has 0 aliphatic carbocycles. The van der Waals surface area contributed by atoms with E-state index >= 15 is 9.59 Å². The number of likely N-dealkylation sites (tertiary alicyclic amines) is 1. The molecule has 0 unspecified atom stereocenters. The number of nitrogens with two attached hydrogens (primary N) is 5. The van der Waals surface area contributed by atoms with E-state index < -0.39 is 198 Å². The molecule has 0 bridgehead atoms. The quantitative estimate of drug-likeness (QED) is 0.0254. The van der Waals surface area contributed by atoms with Crippen LogP contribution in [-0.2, 0) is 84.8 Å². The molecule has 1 aliphatic rings. The molecule has 117 heavy (non-hydrogen) atoms. The number of nitrogens with zero attached hydrogens (tertiary/aromatic N) is 1. The Kier molecular flexibility index (Phi) is 46.4. The first-order valence-electron chi connectivity index (χ1n) is 40.3. The minimum atomic E-state index is -1.58. The van der Waals surface area contributed by atoms with Crippen LogP contribution in [0.15, 0.2) is 54.6 Å². The number of benzene rings is 2. The third-order valence-electron chi connectivity index (χ3n) is 19.5. The smallest absolute Gasteiger partial charge is 0.326 e. The van der Waals surface area contributed by atoms with Crippen molar-refractivity contribution >= 4 is 114 Å². The fourth-order valence-corrected chi connectivity index (χ4v) is 13.4. The largest absolute Gasteiger partial charge is 0.508 e. The molecule has 656 valence electrons. The first kappa shape index (κ1) is 102. The molecule has 1 aliphatic heterocycles. The maximum absolute atomic E-state index is 15.1. The van der Waals surface area contributed by atoms with Gasteiger partial charge in [0, 0.05) is 37.3 Å². The second-order valence-corrected chi connectivity index (χ2v) is 32.1. The third kappa shape index (κ3) is 36.7. The van der Waals surface area contributed by atoms with E-state index in [1.54, 1.807) is 71.9 Å². The fraction of sp³-hybridized carbons (Fsp3) is 0.658. The van der Waals surface area contributed by atoms with Gasteiger partial charge in [-0.1, -0.05) is 97.9 Å². The van der Waals surface area contributed by atoms with Crippen molar-refractivity contribution in [3.63, 3.8) is 0 Å². The molecule has 1 fully saturated rings. The van der Waals surface area contributed by atoms with E-state index in [1.807, 2.05) is 13.8 Å². The second kappa shape index (κ2) is 53.3. The van der Waals surface area contributed by atoms with Crippen molar-refractivity contribution in [2.45, 2.75) is 269 Å². The van der Waals surface area contributed by atoms with Gasteiger partial charge < -0.3 is 113 Å². The van der Waals surface area contributed by atoms with Gasteiger partial charge in [-0.15, -0.1) is 0 Å². The molecule has 2 aromatic carbocycles. The van der Waals surface area contributed by atoms with E-state index in [4.69, 9.17) is 28.7 Å². The zero-order chi connectivity index (χ0) is 87.8. The number of rotatable bonds is 55. The maximum Gasteiger partial charge on any atom is 0.326 e. The highest BCUT2D eigenvalue weighted by Gasteiger charge is 2.43. The summed E-state index contributed by atoms with van der Waals surface area (Å²) < 4.78 is 0. The van der Waals surface area contributed by atoms with Gasteiger partial charge >= 0.3 is 5.97 Å². The molecule has 1 heterocycles. The Hall–Kier alpha value is -9.21. The standard InChI is InChI=1S/C79H130N18O18S2/c1-43(2)36-56(71(106)85-52(22-13-16-32-80)67(102)87-55(30-31-63(84)100)70(105)94-61(42-117)74(109)86-53(23-14-17-33-81)69(104)93-60(79(114)115)38-45(5)6)91-76(111)64(46(7)8)95-75(110)62-25-19-35-97(62)78(113)59(37-44(3)4)92-73(108)57(39-48-20-11-10-12-21-48)90-72(107)58(40-49-26-28-50(99)29-27-49)89-68(103)54(24-15-18-34-82)88-77(112)65(47(9)98)96-66(101)51(83)41-116/h10-12,20-21,26-29,43-47,51-62,64-65,98-99,116-117H,13-19,22-25,30-42,80-83H2,1-9H3,(H2,84,100)(H,85,106)(H,86,109)(H,87,102)(H,88,112)(H,89,103)(H,90,107)(H,91,111)(H,92,108)(H,93,104)(H,94,105)(H,95,110)(H,96,101)(H,114,115)/t47-,51+,52+,53+,54+,55+,56+,57+,58+,59+,60+,61+,62+,64+,65+/m1/s1. The van der Waals surface area contributed by atoms with Crippen LogP contribution < -0.4 is 92.5 Å². The lowest BCUT2D eigenvalue weighted by Gasteiger charge is -2.32. The second-order valence-electron chi connectivity index (χ2n) is 31.4. The van der Waals surface area contributed by atoms with Gasteiger partial charge in [-0.3, -0.25) is 67.1 Å². The number of unbranched alkanes of at least 4 members (excludes halogenated alkanes) is 3. The number of aliphatic carboxylic acids is 1. The van der Waals surface area contributed by atoms with Crippen LogP contribution in [0.1, 0.15) is 176 Å². The number of carboxylic acid groups (broad SMARTS) is 1. The average Bonchev–Trinajstić information content (AvgIpc) is 1.79. The van der Waals surface area contributed by atoms with Gasteiger partial charge in [0.05, 0.1) is 12.1 Å². The zero-order valence-corrected chi connectivity index (χ0v) is 70.6. The van der Waals surface area contributed by atoms with Crippen LogP contribution in [0.5, 0.6) is 5.75 Å². The van der Waals surface area contributed by atoms with Crippen LogP contribution in [0.3, 0.4) is 0 Å². The Morgan fingerprint density at radius 3 is 1.24 bits per heavy atom. The van der Waals surface area contributed by atoms with Gasteiger partial charge in [-0.05, 0) is 170 Å². The third-order valence-corrected chi connectivity index (χ3v) is 20.2. The Morgan fingerprint density at radius 2 is 0.812 bits per heavy atom. The lowest BCUT2D eigenvalue weighted by atomic mass is 9.98. The summed E-state index contributed by atoms with van der Waals surface area (Å²) in [5, 5.41) is 62.4. The van der Waals surface area contributed by atoms with Gasteiger partial charge in [0.15, 0.2) is 0 Å². The molecule has 2 aromatic rings.